The molecule has 1 aromatic carbocycles. The molecule has 0 bridgehead atoms. The van der Waals surface area contributed by atoms with Crippen molar-refractivity contribution >= 4 is 24.2 Å². The van der Waals surface area contributed by atoms with Crippen molar-refractivity contribution in [2.24, 2.45) is 15.9 Å². The standard InChI is InChI=1S/C15H16N2.C14H23N.C6H12N2/c1-5-8-12(6-2)14-10-7-9-13(11-16-3)15(14)17-4;1-13-7-3-4-8-14(2)10-12-15-11-6-5-9-13;1-7(2)8-5-3-4-6-8/h5-11H,1-2,4H2,3H3;5-7,9,11,14-15H,3-4,8,10,12H2,1-2H3;3,5H,4,6H2,1-2H3/b12-8+,16-11?;9-5-,11-6+,13-7-;. The number of nitrogens with one attached hydrogen (secondary N) is 1. The molecule has 1 N–H and O–H groups in total. The van der Waals surface area contributed by atoms with Gasteiger partial charge in [0.2, 0.25) is 0 Å². The first kappa shape index (κ1) is 34.3. The minimum absolute atomic E-state index is 0.811. The van der Waals surface area contributed by atoms with Crippen molar-refractivity contribution in [2.45, 2.75) is 46.0 Å². The van der Waals surface area contributed by atoms with Gasteiger partial charge in [-0.05, 0) is 63.1 Å². The third kappa shape index (κ3) is 13.9. The fourth-order valence-electron chi connectivity index (χ4n) is 4.17. The first-order chi connectivity index (χ1) is 19.4. The Kier molecular flexibility index (Phi) is 18.2. The molecule has 1 aromatic rings. The van der Waals surface area contributed by atoms with E-state index in [0.29, 0.717) is 0 Å². The zero-order chi connectivity index (χ0) is 29.6. The van der Waals surface area contributed by atoms with Crippen molar-refractivity contribution < 1.29 is 0 Å². The van der Waals surface area contributed by atoms with Crippen LogP contribution in [0.25, 0.3) is 5.57 Å². The van der Waals surface area contributed by atoms with Crippen molar-refractivity contribution in [3.63, 3.8) is 0 Å². The van der Waals surface area contributed by atoms with Gasteiger partial charge in [-0.25, -0.2) is 5.01 Å². The lowest BCUT2D eigenvalue weighted by Gasteiger charge is -2.22. The van der Waals surface area contributed by atoms with Crippen molar-refractivity contribution in [1.29, 1.82) is 0 Å². The number of hydrogen-bond acceptors (Lipinski definition) is 5. The third-order valence-corrected chi connectivity index (χ3v) is 6.47. The third-order valence-electron chi connectivity index (χ3n) is 6.47. The predicted molar refractivity (Wildman–Crippen MR) is 179 cm³/mol. The molecular formula is C35H51N5. The van der Waals surface area contributed by atoms with Crippen LogP contribution in [0.5, 0.6) is 0 Å². The Balaban J connectivity index is 0.000000318. The van der Waals surface area contributed by atoms with Crippen LogP contribution >= 0.6 is 0 Å². The van der Waals surface area contributed by atoms with E-state index in [4.69, 9.17) is 0 Å². The number of hydrazine groups is 1. The number of hydrogen-bond donors (Lipinski definition) is 1. The SMILES string of the molecule is C=C/C=C(\C=C)c1cccc(C=NC)c1N=C.CC1=C/CCCC(C)CCN/C=C/C=C\1.CN(C)N1C=CCC1. The maximum atomic E-state index is 4.08. The summed E-state index contributed by atoms with van der Waals surface area (Å²) in [5, 5.41) is 7.58. The van der Waals surface area contributed by atoms with Gasteiger partial charge in [0, 0.05) is 57.8 Å². The normalized spacial score (nSPS) is 20.6. The smallest absolute Gasteiger partial charge is 0.0788 e. The Labute approximate surface area is 244 Å². The number of benzene rings is 1. The van der Waals surface area contributed by atoms with Crippen LogP contribution in [-0.4, -0.2) is 57.2 Å². The van der Waals surface area contributed by atoms with E-state index in [0.717, 1.165) is 41.4 Å². The predicted octanol–water partition coefficient (Wildman–Crippen LogP) is 8.31. The fourth-order valence-corrected chi connectivity index (χ4v) is 4.17. The van der Waals surface area contributed by atoms with Crippen LogP contribution in [0.15, 0.2) is 108 Å². The van der Waals surface area contributed by atoms with Crippen LogP contribution in [0.2, 0.25) is 0 Å². The largest absolute Gasteiger partial charge is 0.391 e. The quantitative estimate of drug-likeness (QED) is 0.291. The second-order valence-electron chi connectivity index (χ2n) is 9.98. The summed E-state index contributed by atoms with van der Waals surface area (Å²) in [6.07, 6.45) is 28.5. The summed E-state index contributed by atoms with van der Waals surface area (Å²) in [7, 11) is 5.83. The van der Waals surface area contributed by atoms with E-state index in [9.17, 15) is 0 Å². The molecule has 0 saturated heterocycles. The van der Waals surface area contributed by atoms with Crippen LogP contribution in [0, 0.1) is 5.92 Å². The average Bonchev–Trinajstić information content (AvgIpc) is 3.50. The van der Waals surface area contributed by atoms with E-state index in [2.05, 4.69) is 110 Å². The Hall–Kier alpha value is -3.70. The van der Waals surface area contributed by atoms with Crippen molar-refractivity contribution in [3.8, 4) is 0 Å². The number of rotatable bonds is 6. The van der Waals surface area contributed by atoms with E-state index >= 15 is 0 Å². The first-order valence-electron chi connectivity index (χ1n) is 14.2. The van der Waals surface area contributed by atoms with Gasteiger partial charge < -0.3 is 10.3 Å². The molecule has 2 aliphatic heterocycles. The average molecular weight is 542 g/mol. The highest BCUT2D eigenvalue weighted by Gasteiger charge is 2.07. The molecule has 0 spiro atoms. The molecule has 3 rings (SSSR count). The highest BCUT2D eigenvalue weighted by Crippen LogP contribution is 2.29. The monoisotopic (exact) mass is 541 g/mol. The van der Waals surface area contributed by atoms with Crippen LogP contribution in [0.1, 0.15) is 57.1 Å². The summed E-state index contributed by atoms with van der Waals surface area (Å²) >= 11 is 0. The topological polar surface area (TPSA) is 43.2 Å². The highest BCUT2D eigenvalue weighted by atomic mass is 15.6. The molecule has 0 amide bonds. The second kappa shape index (κ2) is 21.2. The lowest BCUT2D eigenvalue weighted by atomic mass is 10.00. The van der Waals surface area contributed by atoms with Gasteiger partial charge in [0.05, 0.1) is 5.69 Å². The molecule has 1 atom stereocenters. The Bertz CT molecular complexity index is 1080. The van der Waals surface area contributed by atoms with Crippen LogP contribution < -0.4 is 5.32 Å². The molecule has 0 aliphatic carbocycles. The zero-order valence-electron chi connectivity index (χ0n) is 25.5. The minimum Gasteiger partial charge on any atom is -0.391 e. The Morgan fingerprint density at radius 3 is 2.55 bits per heavy atom. The van der Waals surface area contributed by atoms with Gasteiger partial charge in [-0.2, -0.15) is 0 Å². The first-order valence-corrected chi connectivity index (χ1v) is 14.2. The Morgan fingerprint density at radius 1 is 1.15 bits per heavy atom. The molecule has 40 heavy (non-hydrogen) atoms. The van der Waals surface area contributed by atoms with Crippen LogP contribution in [-0.2, 0) is 0 Å². The van der Waals surface area contributed by atoms with E-state index in [-0.39, 0.29) is 0 Å². The number of nitrogens with zero attached hydrogens (tertiary/aromatic N) is 4. The molecule has 0 saturated carbocycles. The maximum Gasteiger partial charge on any atom is 0.0788 e. The van der Waals surface area contributed by atoms with Gasteiger partial charge in [0.1, 0.15) is 0 Å². The molecule has 2 heterocycles. The summed E-state index contributed by atoms with van der Waals surface area (Å²) in [5.74, 6) is 0.841. The summed E-state index contributed by atoms with van der Waals surface area (Å²) in [4.78, 5) is 8.08. The van der Waals surface area contributed by atoms with Gasteiger partial charge in [-0.1, -0.05) is 92.8 Å². The van der Waals surface area contributed by atoms with Crippen LogP contribution in [0.3, 0.4) is 0 Å². The number of para-hydroxylation sites is 1. The van der Waals surface area contributed by atoms with Gasteiger partial charge >= 0.3 is 0 Å². The van der Waals surface area contributed by atoms with Gasteiger partial charge in [-0.3, -0.25) is 9.98 Å². The minimum atomic E-state index is 0.811. The van der Waals surface area contributed by atoms with Crippen molar-refractivity contribution in [2.75, 3.05) is 34.2 Å². The molecule has 0 aromatic heterocycles. The summed E-state index contributed by atoms with van der Waals surface area (Å²) in [5.41, 5.74) is 5.07. The van der Waals surface area contributed by atoms with E-state index in [1.807, 2.05) is 30.5 Å². The number of allylic oxidation sites excluding steroid dienone is 9. The second-order valence-corrected chi connectivity index (χ2v) is 9.98. The molecular weight excluding hydrogens is 490 g/mol. The van der Waals surface area contributed by atoms with E-state index in [1.54, 1.807) is 25.4 Å². The summed E-state index contributed by atoms with van der Waals surface area (Å²) < 4.78 is 0. The fraction of sp³-hybridized carbons (Fsp3) is 0.371. The lowest BCUT2D eigenvalue weighted by Crippen LogP contribution is -2.30. The van der Waals surface area contributed by atoms with Crippen LogP contribution in [0.4, 0.5) is 5.69 Å². The Morgan fingerprint density at radius 2 is 1.95 bits per heavy atom. The summed E-state index contributed by atoms with van der Waals surface area (Å²) in [6, 6.07) is 5.89. The van der Waals surface area contributed by atoms with Crippen molar-refractivity contribution in [1.82, 2.24) is 15.3 Å². The molecule has 0 fully saturated rings. The molecule has 0 radical (unpaired) electrons. The number of aliphatic imine (C=N–C) groups is 2. The van der Waals surface area contributed by atoms with Gasteiger partial charge in [0.15, 0.2) is 0 Å². The summed E-state index contributed by atoms with van der Waals surface area (Å²) in [6.45, 7) is 17.9. The van der Waals surface area contributed by atoms with E-state index < -0.39 is 0 Å². The molecule has 216 valence electrons. The molecule has 1 unspecified atom stereocenters. The highest BCUT2D eigenvalue weighted by molar-refractivity contribution is 5.93. The zero-order valence-corrected chi connectivity index (χ0v) is 25.5. The molecule has 2 aliphatic rings. The van der Waals surface area contributed by atoms with Gasteiger partial charge in [-0.15, -0.1) is 0 Å². The molecule has 5 heteroatoms. The maximum absolute atomic E-state index is 4.08. The van der Waals surface area contributed by atoms with Gasteiger partial charge in [0.25, 0.3) is 0 Å². The molecule has 5 nitrogen and oxygen atoms in total. The van der Waals surface area contributed by atoms with E-state index in [1.165, 1.54) is 37.7 Å². The lowest BCUT2D eigenvalue weighted by molar-refractivity contribution is 0.0948. The van der Waals surface area contributed by atoms with Crippen molar-refractivity contribution in [3.05, 3.63) is 109 Å².